The van der Waals surface area contributed by atoms with Crippen LogP contribution < -0.4 is 18.5 Å². The molecule has 1 aliphatic heterocycles. The van der Waals surface area contributed by atoms with Crippen LogP contribution in [0.15, 0.2) is 46.1 Å². The van der Waals surface area contributed by atoms with Crippen molar-refractivity contribution in [1.29, 1.82) is 5.26 Å². The van der Waals surface area contributed by atoms with Gasteiger partial charge in [0.05, 0.1) is 0 Å². The summed E-state index contributed by atoms with van der Waals surface area (Å²) in [5, 5.41) is 9.32. The number of ether oxygens (including phenoxy) is 1. The molecule has 1 aromatic carbocycles. The first kappa shape index (κ1) is 37.1. The molecule has 0 radical (unpaired) electrons. The van der Waals surface area contributed by atoms with Crippen molar-refractivity contribution in [3.05, 3.63) is 57.4 Å². The van der Waals surface area contributed by atoms with Gasteiger partial charge in [0.1, 0.15) is 0 Å². The van der Waals surface area contributed by atoms with Crippen molar-refractivity contribution in [2.75, 3.05) is 6.61 Å². The fraction of sp³-hybridized carbons (Fsp3) is 0.656. The summed E-state index contributed by atoms with van der Waals surface area (Å²) in [4.78, 5) is 29.1. The zero-order valence-corrected chi connectivity index (χ0v) is 32.2. The molecule has 0 saturated carbocycles. The molecule has 1 aromatic heterocycles. The van der Waals surface area contributed by atoms with E-state index < -0.39 is 49.4 Å². The first-order valence-electron chi connectivity index (χ1n) is 15.6. The second-order valence-corrected chi connectivity index (χ2v) is 23.9. The zero-order valence-electron chi connectivity index (χ0n) is 28.0. The van der Waals surface area contributed by atoms with Crippen LogP contribution in [0, 0.1) is 17.2 Å². The zero-order chi connectivity index (χ0) is 32.8. The predicted molar refractivity (Wildman–Crippen MR) is 183 cm³/mol. The number of rotatable bonds is 14. The Morgan fingerprint density at radius 1 is 1.16 bits per heavy atom. The van der Waals surface area contributed by atoms with Crippen molar-refractivity contribution in [1.82, 2.24) is 14.2 Å². The summed E-state index contributed by atoms with van der Waals surface area (Å²) in [7, 11) is -3.43. The molecule has 2 aromatic rings. The molecular formula is C32H51N4O5PSiTe. The van der Waals surface area contributed by atoms with E-state index >= 15 is 0 Å². The van der Waals surface area contributed by atoms with Gasteiger partial charge in [0.25, 0.3) is 0 Å². The third-order valence-corrected chi connectivity index (χ3v) is 19.3. The van der Waals surface area contributed by atoms with E-state index in [0.29, 0.717) is 10.0 Å². The average molecular weight is 758 g/mol. The summed E-state index contributed by atoms with van der Waals surface area (Å²) in [6.45, 7) is 22.5. The second-order valence-electron chi connectivity index (χ2n) is 13.7. The fourth-order valence-corrected chi connectivity index (χ4v) is 11.9. The molecule has 0 bridgehead atoms. The topological polar surface area (TPSA) is 110 Å². The van der Waals surface area contributed by atoms with Gasteiger partial charge in [-0.15, -0.1) is 0 Å². The van der Waals surface area contributed by atoms with Crippen LogP contribution in [-0.4, -0.2) is 74.1 Å². The normalized spacial score (nSPS) is 21.7. The summed E-state index contributed by atoms with van der Waals surface area (Å²) in [5.41, 5.74) is -0.784. The van der Waals surface area contributed by atoms with Gasteiger partial charge < -0.3 is 0 Å². The monoisotopic (exact) mass is 760 g/mol. The van der Waals surface area contributed by atoms with Crippen LogP contribution in [0.5, 0.6) is 0 Å². The molecule has 0 amide bonds. The second kappa shape index (κ2) is 16.0. The summed E-state index contributed by atoms with van der Waals surface area (Å²) in [5.74, 6) is -0.139. The number of aromatic nitrogens is 2. The van der Waals surface area contributed by atoms with E-state index in [2.05, 4.69) is 84.2 Å². The molecule has 244 valence electrons. The molecule has 2 heterocycles. The fourth-order valence-electron chi connectivity index (χ4n) is 5.40. The SMILES string of the molecule is CCC1OC(n2cc([Te]c3ccccc3)c(=O)[nH]c2=O)C(C[Si](C)(C)C(C)(C)C)C1OP(OCCC#N)N(C(C)C)C(C)C. The molecular weight excluding hydrogens is 707 g/mol. The molecule has 0 aliphatic carbocycles. The van der Waals surface area contributed by atoms with Gasteiger partial charge in [0, 0.05) is 0 Å². The van der Waals surface area contributed by atoms with Gasteiger partial charge in [0.2, 0.25) is 0 Å². The van der Waals surface area contributed by atoms with Crippen molar-refractivity contribution in [2.45, 2.75) is 123 Å². The van der Waals surface area contributed by atoms with E-state index in [1.54, 1.807) is 10.8 Å². The van der Waals surface area contributed by atoms with Crippen molar-refractivity contribution in [3.8, 4) is 6.07 Å². The summed E-state index contributed by atoms with van der Waals surface area (Å²) in [6.07, 6.45) is 1.53. The number of benzene rings is 1. The van der Waals surface area contributed by atoms with E-state index in [1.807, 2.05) is 30.3 Å². The molecule has 5 unspecified atom stereocenters. The maximum absolute atomic E-state index is 13.5. The molecule has 1 aliphatic rings. The van der Waals surface area contributed by atoms with Crippen LogP contribution >= 0.6 is 8.53 Å². The first-order valence-corrected chi connectivity index (χ1v) is 22.3. The van der Waals surface area contributed by atoms with E-state index in [0.717, 1.165) is 9.66 Å². The van der Waals surface area contributed by atoms with E-state index in [1.165, 1.54) is 0 Å². The van der Waals surface area contributed by atoms with Gasteiger partial charge >= 0.3 is 272 Å². The Bertz CT molecular complexity index is 1360. The Balaban J connectivity index is 2.12. The Kier molecular flexibility index (Phi) is 13.5. The number of aromatic amines is 1. The van der Waals surface area contributed by atoms with Gasteiger partial charge in [0.15, 0.2) is 0 Å². The van der Waals surface area contributed by atoms with E-state index in [4.69, 9.17) is 13.8 Å². The third kappa shape index (κ3) is 9.14. The van der Waals surface area contributed by atoms with Crippen LogP contribution in [0.2, 0.25) is 24.2 Å². The Labute approximate surface area is 275 Å². The van der Waals surface area contributed by atoms with Gasteiger partial charge in [-0.1, -0.05) is 0 Å². The molecule has 1 saturated heterocycles. The number of nitrogens with zero attached hydrogens (tertiary/aromatic N) is 3. The third-order valence-electron chi connectivity index (χ3n) is 8.70. The quantitative estimate of drug-likeness (QED) is 0.159. The van der Waals surface area contributed by atoms with Crippen molar-refractivity contribution < 1.29 is 13.8 Å². The number of nitriles is 1. The van der Waals surface area contributed by atoms with Crippen LogP contribution in [0.25, 0.3) is 0 Å². The van der Waals surface area contributed by atoms with Crippen molar-refractivity contribution >= 4 is 44.7 Å². The van der Waals surface area contributed by atoms with Crippen LogP contribution in [0.4, 0.5) is 0 Å². The average Bonchev–Trinajstić information content (AvgIpc) is 3.25. The molecule has 1 fully saturated rings. The summed E-state index contributed by atoms with van der Waals surface area (Å²) >= 11 is -1.02. The number of hydrogen-bond donors (Lipinski definition) is 1. The van der Waals surface area contributed by atoms with Crippen molar-refractivity contribution in [2.24, 2.45) is 5.92 Å². The Hall–Kier alpha value is -1.33. The minimum atomic E-state index is -1.91. The van der Waals surface area contributed by atoms with Gasteiger partial charge in [-0.25, -0.2) is 0 Å². The maximum atomic E-state index is 13.5. The molecule has 12 heteroatoms. The molecule has 3 rings (SSSR count). The number of H-pyrrole nitrogens is 1. The Morgan fingerprint density at radius 2 is 1.80 bits per heavy atom. The first-order chi connectivity index (χ1) is 20.6. The van der Waals surface area contributed by atoms with E-state index in [9.17, 15) is 14.9 Å². The van der Waals surface area contributed by atoms with E-state index in [-0.39, 0.29) is 53.8 Å². The molecule has 0 spiro atoms. The number of nitrogens with one attached hydrogen (secondary N) is 1. The Morgan fingerprint density at radius 3 is 2.34 bits per heavy atom. The minimum absolute atomic E-state index is 0.100. The standard InChI is InChI=1S/C32H51N4O5PSiTe/c1-11-26-28(41-42(39-19-15-18-33)36(22(2)3)23(4)5)25(21-43(9,10)32(6,7)8)30(40-26)35-20-27(29(37)34-31(35)38)44-24-16-13-12-14-17-24/h12-14,16-17,20,22-23,25-26,28,30H,11,15,19,21H2,1-10H3,(H,34,37,38). The number of hydrogen-bond acceptors (Lipinski definition) is 7. The van der Waals surface area contributed by atoms with Gasteiger partial charge in [-0.3, -0.25) is 0 Å². The van der Waals surface area contributed by atoms with Crippen LogP contribution in [0.1, 0.15) is 74.5 Å². The molecule has 9 nitrogen and oxygen atoms in total. The van der Waals surface area contributed by atoms with Gasteiger partial charge in [-0.05, 0) is 0 Å². The van der Waals surface area contributed by atoms with Crippen molar-refractivity contribution in [3.63, 3.8) is 0 Å². The summed E-state index contributed by atoms with van der Waals surface area (Å²) < 4.78 is 25.8. The molecule has 1 N–H and O–H groups in total. The van der Waals surface area contributed by atoms with Crippen LogP contribution in [-0.2, 0) is 13.8 Å². The predicted octanol–water partition coefficient (Wildman–Crippen LogP) is 5.28. The molecule has 5 atom stereocenters. The summed E-state index contributed by atoms with van der Waals surface area (Å²) in [6, 6.07) is 13.3. The van der Waals surface area contributed by atoms with Crippen LogP contribution in [0.3, 0.4) is 0 Å². The van der Waals surface area contributed by atoms with Gasteiger partial charge in [-0.2, -0.15) is 5.26 Å². The molecule has 44 heavy (non-hydrogen) atoms.